The maximum absolute atomic E-state index is 9.33. The number of phenols is 1. The van der Waals surface area contributed by atoms with E-state index in [-0.39, 0.29) is 5.75 Å². The number of rotatable bonds is 3. The van der Waals surface area contributed by atoms with Crippen molar-refractivity contribution in [1.29, 1.82) is 5.41 Å². The van der Waals surface area contributed by atoms with E-state index in [2.05, 4.69) is 6.92 Å². The molecule has 1 aromatic rings. The lowest BCUT2D eigenvalue weighted by Gasteiger charge is -2.09. The van der Waals surface area contributed by atoms with Gasteiger partial charge in [-0.3, -0.25) is 0 Å². The first-order valence-corrected chi connectivity index (χ1v) is 5.34. The summed E-state index contributed by atoms with van der Waals surface area (Å²) >= 11 is 1.75. The van der Waals surface area contributed by atoms with Crippen LogP contribution in [0.1, 0.15) is 23.3 Å². The molecule has 0 amide bonds. The van der Waals surface area contributed by atoms with Crippen molar-refractivity contribution in [2.75, 3.05) is 6.26 Å². The minimum atomic E-state index is 0.173. The average Bonchev–Trinajstić information content (AvgIpc) is 2.17. The summed E-state index contributed by atoms with van der Waals surface area (Å²) < 4.78 is 0. The highest BCUT2D eigenvalue weighted by atomic mass is 32.2. The molecule has 0 aliphatic carbocycles. The Kier molecular flexibility index (Phi) is 3.37. The lowest BCUT2D eigenvalue weighted by atomic mass is 10.1. The van der Waals surface area contributed by atoms with Crippen LogP contribution in [0.4, 0.5) is 0 Å². The zero-order valence-electron chi connectivity index (χ0n) is 7.74. The lowest BCUT2D eigenvalue weighted by molar-refractivity contribution is 0.474. The van der Waals surface area contributed by atoms with Crippen LogP contribution in [-0.4, -0.2) is 17.6 Å². The van der Waals surface area contributed by atoms with Gasteiger partial charge < -0.3 is 10.5 Å². The third kappa shape index (κ3) is 2.25. The summed E-state index contributed by atoms with van der Waals surface area (Å²) in [5.41, 5.74) is 1.72. The number of phenolic OH excluding ortho intramolecular Hbond substituents is 1. The predicted molar refractivity (Wildman–Crippen MR) is 57.9 cm³/mol. The summed E-state index contributed by atoms with van der Waals surface area (Å²) in [5, 5.41) is 16.8. The number of hydrogen-bond acceptors (Lipinski definition) is 3. The molecule has 1 unspecified atom stereocenters. The van der Waals surface area contributed by atoms with Gasteiger partial charge >= 0.3 is 0 Å². The Morgan fingerprint density at radius 1 is 1.54 bits per heavy atom. The maximum atomic E-state index is 9.33. The second-order valence-corrected chi connectivity index (χ2v) is 4.02. The fourth-order valence-corrected chi connectivity index (χ4v) is 1.50. The van der Waals surface area contributed by atoms with Crippen LogP contribution >= 0.6 is 11.8 Å². The minimum absolute atomic E-state index is 0.173. The highest BCUT2D eigenvalue weighted by Crippen LogP contribution is 2.28. The van der Waals surface area contributed by atoms with E-state index in [1.165, 1.54) is 6.21 Å². The second kappa shape index (κ2) is 4.33. The zero-order chi connectivity index (χ0) is 9.84. The third-order valence-electron chi connectivity index (χ3n) is 2.03. The molecule has 13 heavy (non-hydrogen) atoms. The van der Waals surface area contributed by atoms with E-state index in [1.807, 2.05) is 18.4 Å². The first kappa shape index (κ1) is 10.1. The molecule has 3 heteroatoms. The van der Waals surface area contributed by atoms with Gasteiger partial charge in [0.1, 0.15) is 5.75 Å². The number of benzene rings is 1. The first-order valence-electron chi connectivity index (χ1n) is 4.05. The highest BCUT2D eigenvalue weighted by Gasteiger charge is 2.05. The Labute approximate surface area is 82.5 Å². The summed E-state index contributed by atoms with van der Waals surface area (Å²) in [7, 11) is 0. The van der Waals surface area contributed by atoms with Crippen molar-refractivity contribution in [3.63, 3.8) is 0 Å². The molecule has 1 atom stereocenters. The Morgan fingerprint density at radius 2 is 2.23 bits per heavy atom. The van der Waals surface area contributed by atoms with Gasteiger partial charge in [0.25, 0.3) is 0 Å². The minimum Gasteiger partial charge on any atom is -0.507 e. The van der Waals surface area contributed by atoms with Gasteiger partial charge in [-0.15, -0.1) is 0 Å². The van der Waals surface area contributed by atoms with E-state index >= 15 is 0 Å². The summed E-state index contributed by atoms with van der Waals surface area (Å²) in [6.45, 7) is 2.10. The summed E-state index contributed by atoms with van der Waals surface area (Å²) in [6.07, 6.45) is 3.22. The van der Waals surface area contributed by atoms with Gasteiger partial charge in [0.2, 0.25) is 0 Å². The molecular formula is C10H13NOS. The van der Waals surface area contributed by atoms with Gasteiger partial charge in [-0.05, 0) is 30.9 Å². The molecule has 0 fully saturated rings. The summed E-state index contributed by atoms with van der Waals surface area (Å²) in [4.78, 5) is 0. The van der Waals surface area contributed by atoms with Crippen LogP contribution in [0.5, 0.6) is 5.75 Å². The fourth-order valence-electron chi connectivity index (χ4n) is 1.08. The van der Waals surface area contributed by atoms with Crippen LogP contribution in [-0.2, 0) is 0 Å². The van der Waals surface area contributed by atoms with Gasteiger partial charge in [0.05, 0.1) is 0 Å². The third-order valence-corrected chi connectivity index (χ3v) is 3.01. The topological polar surface area (TPSA) is 44.1 Å². The largest absolute Gasteiger partial charge is 0.507 e. The molecule has 0 aliphatic rings. The maximum Gasteiger partial charge on any atom is 0.124 e. The first-order chi connectivity index (χ1) is 6.19. The molecular weight excluding hydrogens is 182 g/mol. The van der Waals surface area contributed by atoms with Gasteiger partial charge in [0.15, 0.2) is 0 Å². The van der Waals surface area contributed by atoms with Crippen molar-refractivity contribution in [3.05, 3.63) is 29.3 Å². The van der Waals surface area contributed by atoms with Crippen LogP contribution in [0.15, 0.2) is 18.2 Å². The van der Waals surface area contributed by atoms with Gasteiger partial charge in [0, 0.05) is 17.0 Å². The molecule has 0 saturated heterocycles. The van der Waals surface area contributed by atoms with Crippen LogP contribution in [0, 0.1) is 5.41 Å². The Balaban J connectivity index is 3.05. The van der Waals surface area contributed by atoms with E-state index in [0.717, 1.165) is 5.56 Å². The molecule has 70 valence electrons. The Bertz CT molecular complexity index is 312. The summed E-state index contributed by atoms with van der Waals surface area (Å²) in [5.74, 6) is 0.173. The molecule has 0 bridgehead atoms. The van der Waals surface area contributed by atoms with Gasteiger partial charge in [-0.2, -0.15) is 11.8 Å². The molecule has 0 aromatic heterocycles. The van der Waals surface area contributed by atoms with Crippen LogP contribution in [0.25, 0.3) is 0 Å². The smallest absolute Gasteiger partial charge is 0.124 e. The number of nitrogens with one attached hydrogen (secondary N) is 1. The lowest BCUT2D eigenvalue weighted by Crippen LogP contribution is -1.90. The number of aromatic hydroxyl groups is 1. The van der Waals surface area contributed by atoms with Gasteiger partial charge in [-0.1, -0.05) is 6.07 Å². The fraction of sp³-hybridized carbons (Fsp3) is 0.300. The molecule has 0 heterocycles. The molecule has 1 aromatic carbocycles. The monoisotopic (exact) mass is 195 g/mol. The van der Waals surface area contributed by atoms with Crippen molar-refractivity contribution < 1.29 is 5.11 Å². The average molecular weight is 195 g/mol. The normalized spacial score (nSPS) is 12.5. The van der Waals surface area contributed by atoms with Crippen molar-refractivity contribution in [2.45, 2.75) is 12.2 Å². The Hall–Kier alpha value is -0.960. The van der Waals surface area contributed by atoms with Gasteiger partial charge in [-0.25, -0.2) is 0 Å². The van der Waals surface area contributed by atoms with Crippen LogP contribution in [0.3, 0.4) is 0 Å². The van der Waals surface area contributed by atoms with Crippen LogP contribution in [0.2, 0.25) is 0 Å². The quantitative estimate of drug-likeness (QED) is 0.728. The van der Waals surface area contributed by atoms with Crippen molar-refractivity contribution in [2.24, 2.45) is 0 Å². The molecule has 1 rings (SSSR count). The molecule has 0 saturated carbocycles. The number of thioether (sulfide) groups is 1. The second-order valence-electron chi connectivity index (χ2n) is 2.84. The molecule has 2 N–H and O–H groups in total. The Morgan fingerprint density at radius 3 is 2.77 bits per heavy atom. The predicted octanol–water partition coefficient (Wildman–Crippen LogP) is 2.81. The van der Waals surface area contributed by atoms with E-state index in [4.69, 9.17) is 5.41 Å². The number of hydrogen-bond donors (Lipinski definition) is 2. The van der Waals surface area contributed by atoms with Crippen molar-refractivity contribution in [3.8, 4) is 5.75 Å². The highest BCUT2D eigenvalue weighted by molar-refractivity contribution is 7.98. The van der Waals surface area contributed by atoms with E-state index in [1.54, 1.807) is 17.8 Å². The standard InChI is InChI=1S/C10H13NOS/c1-7(13-2)8-3-4-10(12)9(5-8)6-11/h3-7,11-12H,1-2H3. The molecule has 2 nitrogen and oxygen atoms in total. The SMILES string of the molecule is CSC(C)c1ccc(O)c(C=N)c1. The van der Waals surface area contributed by atoms with Crippen LogP contribution < -0.4 is 0 Å². The summed E-state index contributed by atoms with van der Waals surface area (Å²) in [6, 6.07) is 5.38. The van der Waals surface area contributed by atoms with E-state index in [0.29, 0.717) is 10.8 Å². The molecule has 0 spiro atoms. The van der Waals surface area contributed by atoms with Crippen molar-refractivity contribution >= 4 is 18.0 Å². The van der Waals surface area contributed by atoms with Crippen molar-refractivity contribution in [1.82, 2.24) is 0 Å². The molecule has 0 radical (unpaired) electrons. The zero-order valence-corrected chi connectivity index (χ0v) is 8.56. The van der Waals surface area contributed by atoms with E-state index < -0.39 is 0 Å². The van der Waals surface area contributed by atoms with E-state index in [9.17, 15) is 5.11 Å². The molecule has 0 aliphatic heterocycles.